The topological polar surface area (TPSA) is 54.3 Å². The van der Waals surface area contributed by atoms with Crippen LogP contribution in [0.5, 0.6) is 5.75 Å². The molecule has 0 bridgehead atoms. The van der Waals surface area contributed by atoms with Gasteiger partial charge in [0.25, 0.3) is 0 Å². The Morgan fingerprint density at radius 1 is 0.795 bits per heavy atom. The van der Waals surface area contributed by atoms with E-state index in [1.54, 1.807) is 0 Å². The SMILES string of the molecule is CCCN(C)c1ccc2c(c1)S(=O)(=O)c1cc(N(C)CCC)ccc1C21Oc2ccc(C)cc2-c2c(C)c3ccccn3c21. The van der Waals surface area contributed by atoms with E-state index in [4.69, 9.17) is 4.74 Å². The molecule has 0 aliphatic carbocycles. The normalized spacial score (nSPS) is 15.2. The molecule has 0 fully saturated rings. The number of anilines is 2. The lowest BCUT2D eigenvalue weighted by Crippen LogP contribution is -2.44. The molecule has 0 unspecified atom stereocenters. The lowest BCUT2D eigenvalue weighted by Gasteiger charge is -2.44. The number of fused-ring (bicyclic) bond motifs is 10. The third-order valence-electron chi connectivity index (χ3n) is 9.37. The largest absolute Gasteiger partial charge is 0.471 e. The van der Waals surface area contributed by atoms with Gasteiger partial charge >= 0.3 is 0 Å². The second kappa shape index (κ2) is 10.2. The average molecular weight is 606 g/mol. The first-order valence-corrected chi connectivity index (χ1v) is 17.0. The number of aryl methyl sites for hydroxylation is 2. The van der Waals surface area contributed by atoms with Crippen LogP contribution in [-0.4, -0.2) is 40.0 Å². The lowest BCUT2D eigenvalue weighted by atomic mass is 9.77. The first kappa shape index (κ1) is 28.5. The van der Waals surface area contributed by atoms with Crippen LogP contribution in [0.3, 0.4) is 0 Å². The number of nitrogens with zero attached hydrogens (tertiary/aromatic N) is 3. The van der Waals surface area contributed by atoms with Crippen LogP contribution in [0, 0.1) is 13.8 Å². The van der Waals surface area contributed by atoms with Gasteiger partial charge in [0.15, 0.2) is 0 Å². The molecule has 3 aromatic carbocycles. The van der Waals surface area contributed by atoms with Crippen molar-refractivity contribution < 1.29 is 13.2 Å². The smallest absolute Gasteiger partial charge is 0.207 e. The fourth-order valence-electron chi connectivity index (χ4n) is 7.27. The van der Waals surface area contributed by atoms with Crippen molar-refractivity contribution in [2.45, 2.75) is 55.9 Å². The fraction of sp³-hybridized carbons (Fsp3) is 0.297. The number of rotatable bonds is 6. The predicted molar refractivity (Wildman–Crippen MR) is 178 cm³/mol. The highest BCUT2D eigenvalue weighted by molar-refractivity contribution is 7.91. The van der Waals surface area contributed by atoms with E-state index < -0.39 is 15.4 Å². The zero-order valence-corrected chi connectivity index (χ0v) is 27.1. The van der Waals surface area contributed by atoms with E-state index in [2.05, 4.69) is 72.4 Å². The van der Waals surface area contributed by atoms with Crippen LogP contribution < -0.4 is 14.5 Å². The van der Waals surface area contributed by atoms with Gasteiger partial charge in [-0.15, -0.1) is 0 Å². The van der Waals surface area contributed by atoms with Gasteiger partial charge in [-0.3, -0.25) is 0 Å². The maximum Gasteiger partial charge on any atom is 0.207 e. The molecule has 2 aliphatic rings. The van der Waals surface area contributed by atoms with Crippen LogP contribution in [0.1, 0.15) is 54.6 Å². The van der Waals surface area contributed by atoms with Crippen LogP contribution in [-0.2, 0) is 15.4 Å². The lowest BCUT2D eigenvalue weighted by molar-refractivity contribution is 0.138. The summed E-state index contributed by atoms with van der Waals surface area (Å²) in [5.41, 5.74) is 8.25. The summed E-state index contributed by atoms with van der Waals surface area (Å²) in [6.07, 6.45) is 3.99. The maximum atomic E-state index is 14.8. The number of hydrogen-bond donors (Lipinski definition) is 0. The summed E-state index contributed by atoms with van der Waals surface area (Å²) < 4.78 is 39.0. The number of benzene rings is 3. The molecule has 6 nitrogen and oxygen atoms in total. The Kier molecular flexibility index (Phi) is 6.59. The van der Waals surface area contributed by atoms with Crippen LogP contribution in [0.25, 0.3) is 16.6 Å². The van der Waals surface area contributed by atoms with Gasteiger partial charge in [0.2, 0.25) is 15.4 Å². The third kappa shape index (κ3) is 3.88. The quantitative estimate of drug-likeness (QED) is 0.198. The predicted octanol–water partition coefficient (Wildman–Crippen LogP) is 7.75. The van der Waals surface area contributed by atoms with Crippen molar-refractivity contribution in [1.82, 2.24) is 4.40 Å². The summed E-state index contributed by atoms with van der Waals surface area (Å²) in [4.78, 5) is 4.83. The Balaban J connectivity index is 1.64. The van der Waals surface area contributed by atoms with Crippen molar-refractivity contribution in [1.29, 1.82) is 0 Å². The summed E-state index contributed by atoms with van der Waals surface area (Å²) >= 11 is 0. The molecule has 0 N–H and O–H groups in total. The van der Waals surface area contributed by atoms with Crippen LogP contribution in [0.2, 0.25) is 0 Å². The molecule has 1 spiro atoms. The average Bonchev–Trinajstić information content (AvgIpc) is 3.33. The molecule has 44 heavy (non-hydrogen) atoms. The second-order valence-corrected chi connectivity index (χ2v) is 14.2. The molecule has 0 radical (unpaired) electrons. The summed E-state index contributed by atoms with van der Waals surface area (Å²) in [6, 6.07) is 24.2. The molecule has 2 aromatic heterocycles. The Hall–Kier alpha value is -4.23. The number of sulfone groups is 1. The third-order valence-corrected chi connectivity index (χ3v) is 11.2. The maximum absolute atomic E-state index is 14.8. The highest BCUT2D eigenvalue weighted by Crippen LogP contribution is 2.58. The highest BCUT2D eigenvalue weighted by Gasteiger charge is 2.55. The highest BCUT2D eigenvalue weighted by atomic mass is 32.2. The van der Waals surface area contributed by atoms with Crippen LogP contribution >= 0.6 is 0 Å². The van der Waals surface area contributed by atoms with Gasteiger partial charge in [0.05, 0.1) is 15.5 Å². The Labute approximate surface area is 260 Å². The Morgan fingerprint density at radius 3 is 2.00 bits per heavy atom. The summed E-state index contributed by atoms with van der Waals surface area (Å²) in [7, 11) is 0.133. The molecular formula is C37H39N3O3S. The monoisotopic (exact) mass is 605 g/mol. The first-order valence-electron chi connectivity index (χ1n) is 15.5. The molecule has 0 saturated heterocycles. The molecule has 0 atom stereocenters. The number of pyridine rings is 1. The van der Waals surface area contributed by atoms with Gasteiger partial charge < -0.3 is 18.9 Å². The minimum absolute atomic E-state index is 0.297. The summed E-state index contributed by atoms with van der Waals surface area (Å²) in [5, 5.41) is 0. The molecular weight excluding hydrogens is 566 g/mol. The molecule has 7 rings (SSSR count). The van der Waals surface area contributed by atoms with E-state index >= 15 is 0 Å². The first-order chi connectivity index (χ1) is 21.1. The molecule has 0 amide bonds. The van der Waals surface area contributed by atoms with E-state index in [0.29, 0.717) is 20.9 Å². The molecule has 2 aliphatic heterocycles. The van der Waals surface area contributed by atoms with Crippen molar-refractivity contribution in [2.24, 2.45) is 0 Å². The van der Waals surface area contributed by atoms with Crippen molar-refractivity contribution in [2.75, 3.05) is 37.0 Å². The van der Waals surface area contributed by atoms with Crippen molar-refractivity contribution >= 4 is 26.7 Å². The zero-order chi connectivity index (χ0) is 31.0. The number of hydrogen-bond acceptors (Lipinski definition) is 5. The zero-order valence-electron chi connectivity index (χ0n) is 26.3. The van der Waals surface area contributed by atoms with E-state index in [-0.39, 0.29) is 0 Å². The fourth-order valence-corrected chi connectivity index (χ4v) is 9.06. The van der Waals surface area contributed by atoms with Gasteiger partial charge in [-0.05, 0) is 80.8 Å². The molecule has 7 heteroatoms. The molecule has 226 valence electrons. The van der Waals surface area contributed by atoms with Crippen LogP contribution in [0.15, 0.2) is 88.8 Å². The van der Waals surface area contributed by atoms with E-state index in [0.717, 1.165) is 76.5 Å². The minimum Gasteiger partial charge on any atom is -0.471 e. The van der Waals surface area contributed by atoms with Gasteiger partial charge in [0, 0.05) is 72.5 Å². The standard InChI is InChI=1S/C37H39N3O3S/c1-7-18-38(5)26-13-15-29-33(22-26)44(41,42)34-23-27(39(6)19-8-2)14-16-30(34)37(29)36-35(25(4)31-11-9-10-20-40(31)36)28-21-24(3)12-17-32(28)43-37/h9-17,20-23H,7-8,18-19H2,1-6H3. The summed E-state index contributed by atoms with van der Waals surface area (Å²) in [5.74, 6) is 0.748. The van der Waals surface area contributed by atoms with Gasteiger partial charge in [-0.1, -0.05) is 43.7 Å². The Bertz CT molecular complexity index is 1990. The van der Waals surface area contributed by atoms with Crippen LogP contribution in [0.4, 0.5) is 11.4 Å². The van der Waals surface area contributed by atoms with Gasteiger partial charge in [-0.2, -0.15) is 0 Å². The number of ether oxygens (including phenoxy) is 1. The summed E-state index contributed by atoms with van der Waals surface area (Å²) in [6.45, 7) is 10.1. The van der Waals surface area contributed by atoms with Crippen molar-refractivity contribution in [3.63, 3.8) is 0 Å². The van der Waals surface area contributed by atoms with E-state index in [1.807, 2.05) is 62.6 Å². The number of aromatic nitrogens is 1. The molecule has 0 saturated carbocycles. The van der Waals surface area contributed by atoms with Crippen molar-refractivity contribution in [3.05, 3.63) is 107 Å². The van der Waals surface area contributed by atoms with Crippen molar-refractivity contribution in [3.8, 4) is 16.9 Å². The Morgan fingerprint density at radius 2 is 1.41 bits per heavy atom. The van der Waals surface area contributed by atoms with Gasteiger partial charge in [0.1, 0.15) is 5.75 Å². The van der Waals surface area contributed by atoms with E-state index in [1.165, 1.54) is 0 Å². The second-order valence-electron chi connectivity index (χ2n) is 12.3. The van der Waals surface area contributed by atoms with Gasteiger partial charge in [-0.25, -0.2) is 8.42 Å². The van der Waals surface area contributed by atoms with E-state index in [9.17, 15) is 8.42 Å². The molecule has 5 aromatic rings. The minimum atomic E-state index is -3.89. The molecule has 4 heterocycles.